The van der Waals surface area contributed by atoms with Crippen LogP contribution in [0.15, 0.2) is 108 Å². The summed E-state index contributed by atoms with van der Waals surface area (Å²) in [7, 11) is -3.97. The molecule has 8 heteroatoms. The van der Waals surface area contributed by atoms with E-state index in [-0.39, 0.29) is 10.6 Å². The van der Waals surface area contributed by atoms with Gasteiger partial charge in [-0.15, -0.1) is 0 Å². The van der Waals surface area contributed by atoms with Crippen molar-refractivity contribution in [1.29, 1.82) is 0 Å². The van der Waals surface area contributed by atoms with Crippen LogP contribution in [0.2, 0.25) is 5.02 Å². The molecule has 5 rings (SSSR count). The van der Waals surface area contributed by atoms with Gasteiger partial charge in [-0.2, -0.15) is 8.42 Å². The van der Waals surface area contributed by atoms with Crippen LogP contribution >= 0.6 is 11.6 Å². The third-order valence-corrected chi connectivity index (χ3v) is 6.78. The van der Waals surface area contributed by atoms with Crippen molar-refractivity contribution in [3.63, 3.8) is 0 Å². The summed E-state index contributed by atoms with van der Waals surface area (Å²) in [5, 5.41) is 3.94. The van der Waals surface area contributed by atoms with Gasteiger partial charge in [0.2, 0.25) is 0 Å². The molecule has 0 aliphatic rings. The standard InChI is InChI=1S/C26H20ClN3O3S/c27-21-11-15-23(16-12-21)34(31,32)33-22-13-9-20(10-14-22)25-26(28-18-19-6-2-1-3-7-19)30-17-5-4-8-24(30)29-25/h1-17,28H,18H2. The highest BCUT2D eigenvalue weighted by Gasteiger charge is 2.18. The highest BCUT2D eigenvalue weighted by molar-refractivity contribution is 7.87. The average Bonchev–Trinajstić information content (AvgIpc) is 3.22. The lowest BCUT2D eigenvalue weighted by atomic mass is 10.1. The van der Waals surface area contributed by atoms with Gasteiger partial charge in [0, 0.05) is 23.3 Å². The van der Waals surface area contributed by atoms with E-state index in [9.17, 15) is 8.42 Å². The lowest BCUT2D eigenvalue weighted by Crippen LogP contribution is -2.09. The molecule has 1 N–H and O–H groups in total. The van der Waals surface area contributed by atoms with Crippen molar-refractivity contribution in [3.8, 4) is 17.0 Å². The van der Waals surface area contributed by atoms with Crippen molar-refractivity contribution in [2.24, 2.45) is 0 Å². The molecule has 0 bridgehead atoms. The molecule has 2 heterocycles. The molecule has 0 fully saturated rings. The minimum atomic E-state index is -3.97. The van der Waals surface area contributed by atoms with Crippen molar-refractivity contribution >= 4 is 33.2 Å². The first-order valence-electron chi connectivity index (χ1n) is 10.5. The molecule has 5 aromatic rings. The van der Waals surface area contributed by atoms with E-state index in [1.165, 1.54) is 24.3 Å². The summed E-state index contributed by atoms with van der Waals surface area (Å²) >= 11 is 5.85. The molecule has 0 amide bonds. The smallest absolute Gasteiger partial charge is 0.339 e. The number of hydrogen-bond acceptors (Lipinski definition) is 5. The molecule has 0 aliphatic heterocycles. The number of rotatable bonds is 7. The predicted octanol–water partition coefficient (Wildman–Crippen LogP) is 6.03. The van der Waals surface area contributed by atoms with E-state index in [0.29, 0.717) is 11.6 Å². The normalized spacial score (nSPS) is 11.4. The van der Waals surface area contributed by atoms with Gasteiger partial charge < -0.3 is 9.50 Å². The number of nitrogens with zero attached hydrogens (tertiary/aromatic N) is 2. The van der Waals surface area contributed by atoms with E-state index >= 15 is 0 Å². The summed E-state index contributed by atoms with van der Waals surface area (Å²) in [6.07, 6.45) is 1.95. The zero-order valence-electron chi connectivity index (χ0n) is 17.9. The van der Waals surface area contributed by atoms with Crippen LogP contribution in [0.4, 0.5) is 5.82 Å². The van der Waals surface area contributed by atoms with Gasteiger partial charge >= 0.3 is 10.1 Å². The zero-order chi connectivity index (χ0) is 23.5. The van der Waals surface area contributed by atoms with E-state index in [1.807, 2.05) is 47.0 Å². The number of nitrogens with one attached hydrogen (secondary N) is 1. The van der Waals surface area contributed by atoms with Crippen molar-refractivity contribution < 1.29 is 12.6 Å². The van der Waals surface area contributed by atoms with Crippen LogP contribution in [0.25, 0.3) is 16.9 Å². The molecule has 0 radical (unpaired) electrons. The quantitative estimate of drug-likeness (QED) is 0.282. The summed E-state index contributed by atoms with van der Waals surface area (Å²) in [4.78, 5) is 4.82. The first-order valence-corrected chi connectivity index (χ1v) is 12.3. The van der Waals surface area contributed by atoms with Crippen LogP contribution < -0.4 is 9.50 Å². The number of benzene rings is 3. The third kappa shape index (κ3) is 4.62. The monoisotopic (exact) mass is 489 g/mol. The maximum atomic E-state index is 12.6. The van der Waals surface area contributed by atoms with Crippen molar-refractivity contribution in [1.82, 2.24) is 9.38 Å². The van der Waals surface area contributed by atoms with Crippen LogP contribution in [0.5, 0.6) is 5.75 Å². The number of hydrogen-bond donors (Lipinski definition) is 1. The minimum absolute atomic E-state index is 0.0359. The van der Waals surface area contributed by atoms with Gasteiger partial charge in [-0.3, -0.25) is 4.40 Å². The molecular formula is C26H20ClN3O3S. The minimum Gasteiger partial charge on any atom is -0.379 e. The molecule has 0 saturated carbocycles. The SMILES string of the molecule is O=S(=O)(Oc1ccc(-c2nc3ccccn3c2NCc2ccccc2)cc1)c1ccc(Cl)cc1. The molecule has 6 nitrogen and oxygen atoms in total. The van der Waals surface area contributed by atoms with E-state index < -0.39 is 10.1 Å². The molecular weight excluding hydrogens is 470 g/mol. The van der Waals surface area contributed by atoms with E-state index in [4.69, 9.17) is 20.8 Å². The van der Waals surface area contributed by atoms with Crippen molar-refractivity contribution in [2.75, 3.05) is 5.32 Å². The largest absolute Gasteiger partial charge is 0.379 e. The highest BCUT2D eigenvalue weighted by Crippen LogP contribution is 2.31. The Morgan fingerprint density at radius 2 is 1.56 bits per heavy atom. The van der Waals surface area contributed by atoms with Gasteiger partial charge in [0.25, 0.3) is 0 Å². The van der Waals surface area contributed by atoms with Crippen LogP contribution in [0, 0.1) is 0 Å². The maximum Gasteiger partial charge on any atom is 0.339 e. The molecule has 0 saturated heterocycles. The summed E-state index contributed by atoms with van der Waals surface area (Å²) in [6.45, 7) is 0.636. The van der Waals surface area contributed by atoms with E-state index in [2.05, 4.69) is 17.4 Å². The second-order valence-corrected chi connectivity index (χ2v) is 9.58. The molecule has 2 aromatic heterocycles. The molecule has 3 aromatic carbocycles. The Labute approximate surface area is 202 Å². The fraction of sp³-hybridized carbons (Fsp3) is 0.0385. The van der Waals surface area contributed by atoms with Gasteiger partial charge in [0.1, 0.15) is 27.8 Å². The molecule has 170 valence electrons. The summed E-state index contributed by atoms with van der Waals surface area (Å²) in [5.41, 5.74) is 3.54. The average molecular weight is 490 g/mol. The Balaban J connectivity index is 1.43. The molecule has 0 unspecified atom stereocenters. The van der Waals surface area contributed by atoms with Gasteiger partial charge in [-0.05, 0) is 66.2 Å². The fourth-order valence-corrected chi connectivity index (χ4v) is 4.65. The molecule has 0 spiro atoms. The Hall–Kier alpha value is -3.81. The zero-order valence-corrected chi connectivity index (χ0v) is 19.5. The lowest BCUT2D eigenvalue weighted by Gasteiger charge is -2.10. The number of fused-ring (bicyclic) bond motifs is 1. The molecule has 34 heavy (non-hydrogen) atoms. The Morgan fingerprint density at radius 3 is 2.29 bits per heavy atom. The van der Waals surface area contributed by atoms with Crippen LogP contribution in [-0.2, 0) is 16.7 Å². The van der Waals surface area contributed by atoms with Crippen molar-refractivity contribution in [2.45, 2.75) is 11.4 Å². The van der Waals surface area contributed by atoms with Gasteiger partial charge in [-0.25, -0.2) is 4.98 Å². The highest BCUT2D eigenvalue weighted by atomic mass is 35.5. The van der Waals surface area contributed by atoms with E-state index in [0.717, 1.165) is 28.3 Å². The Bertz CT molecular complexity index is 1530. The number of halogens is 1. The number of imidazole rings is 1. The Morgan fingerprint density at radius 1 is 0.853 bits per heavy atom. The molecule has 0 aliphatic carbocycles. The van der Waals surface area contributed by atoms with Crippen LogP contribution in [-0.4, -0.2) is 17.8 Å². The van der Waals surface area contributed by atoms with E-state index in [1.54, 1.807) is 24.3 Å². The third-order valence-electron chi connectivity index (χ3n) is 5.27. The van der Waals surface area contributed by atoms with Crippen LogP contribution in [0.1, 0.15) is 5.56 Å². The van der Waals surface area contributed by atoms with Crippen LogP contribution in [0.3, 0.4) is 0 Å². The van der Waals surface area contributed by atoms with Crippen molar-refractivity contribution in [3.05, 3.63) is 114 Å². The number of anilines is 1. The fourth-order valence-electron chi connectivity index (χ4n) is 3.59. The summed E-state index contributed by atoms with van der Waals surface area (Å²) in [6, 6.07) is 28.6. The summed E-state index contributed by atoms with van der Waals surface area (Å²) in [5.74, 6) is 1.06. The second kappa shape index (κ2) is 9.21. The Kier molecular flexibility index (Phi) is 5.96. The first kappa shape index (κ1) is 22.0. The predicted molar refractivity (Wildman–Crippen MR) is 134 cm³/mol. The van der Waals surface area contributed by atoms with Gasteiger partial charge in [-0.1, -0.05) is 48.0 Å². The van der Waals surface area contributed by atoms with Gasteiger partial charge in [0.05, 0.1) is 0 Å². The topological polar surface area (TPSA) is 72.7 Å². The summed E-state index contributed by atoms with van der Waals surface area (Å²) < 4.78 is 32.4. The van der Waals surface area contributed by atoms with Gasteiger partial charge in [0.15, 0.2) is 0 Å². The maximum absolute atomic E-state index is 12.6. The lowest BCUT2D eigenvalue weighted by molar-refractivity contribution is 0.486. The first-order chi connectivity index (χ1) is 16.5. The second-order valence-electron chi connectivity index (χ2n) is 7.59. The number of pyridine rings is 1. The number of aromatic nitrogens is 2. The molecule has 0 atom stereocenters.